The van der Waals surface area contributed by atoms with Crippen LogP contribution >= 0.6 is 23.2 Å². The number of halogens is 5. The number of hydrogen-bond acceptors (Lipinski definition) is 3. The van der Waals surface area contributed by atoms with E-state index >= 15 is 0 Å². The third-order valence-corrected chi connectivity index (χ3v) is 4.99. The van der Waals surface area contributed by atoms with Crippen LogP contribution in [0.25, 0.3) is 0 Å². The second-order valence-corrected chi connectivity index (χ2v) is 7.20. The smallest absolute Gasteiger partial charge is 0.404 e. The van der Waals surface area contributed by atoms with Crippen molar-refractivity contribution in [1.29, 1.82) is 0 Å². The number of nitrogens with one attached hydrogen (secondary N) is 1. The maximum atomic E-state index is 12.4. The first-order chi connectivity index (χ1) is 11.0. The number of hydrogen-bond donors (Lipinski definition) is 1. The molecule has 0 aliphatic rings. The Balaban J connectivity index is 2.37. The summed E-state index contributed by atoms with van der Waals surface area (Å²) < 4.78 is 67.5. The van der Waals surface area contributed by atoms with Crippen LogP contribution in [-0.4, -0.2) is 14.8 Å². The number of alkyl halides is 3. The minimum Gasteiger partial charge on any atom is -0.404 e. The van der Waals surface area contributed by atoms with Crippen LogP contribution in [0.5, 0.6) is 5.75 Å². The van der Waals surface area contributed by atoms with Crippen molar-refractivity contribution in [3.05, 3.63) is 52.0 Å². The highest BCUT2D eigenvalue weighted by atomic mass is 35.5. The molecule has 4 nitrogen and oxygen atoms in total. The first-order valence-electron chi connectivity index (χ1n) is 6.32. The van der Waals surface area contributed by atoms with Gasteiger partial charge < -0.3 is 4.74 Å². The molecule has 2 aromatic rings. The quantitative estimate of drug-likeness (QED) is 0.786. The van der Waals surface area contributed by atoms with Gasteiger partial charge in [0.05, 0.1) is 15.6 Å². The average molecular weight is 400 g/mol. The molecular weight excluding hydrogens is 390 g/mol. The van der Waals surface area contributed by atoms with E-state index in [1.165, 1.54) is 12.1 Å². The van der Waals surface area contributed by atoms with E-state index < -0.39 is 27.2 Å². The Hall–Kier alpha value is -1.64. The van der Waals surface area contributed by atoms with E-state index in [0.717, 1.165) is 17.7 Å². The van der Waals surface area contributed by atoms with Gasteiger partial charge >= 0.3 is 6.36 Å². The molecule has 0 unspecified atom stereocenters. The normalized spacial score (nSPS) is 12.1. The molecule has 0 saturated heterocycles. The summed E-state index contributed by atoms with van der Waals surface area (Å²) in [6, 6.07) is 7.78. The monoisotopic (exact) mass is 399 g/mol. The maximum Gasteiger partial charge on any atom is 0.573 e. The lowest BCUT2D eigenvalue weighted by Gasteiger charge is -2.14. The van der Waals surface area contributed by atoms with Gasteiger partial charge in [0, 0.05) is 6.07 Å². The van der Waals surface area contributed by atoms with Crippen LogP contribution in [0.2, 0.25) is 10.0 Å². The minimum atomic E-state index is -5.00. The van der Waals surface area contributed by atoms with Gasteiger partial charge in [-0.15, -0.1) is 13.2 Å². The van der Waals surface area contributed by atoms with Crippen LogP contribution in [0, 0.1) is 6.92 Å². The van der Waals surface area contributed by atoms with Gasteiger partial charge in [-0.25, -0.2) is 8.42 Å². The topological polar surface area (TPSA) is 55.4 Å². The van der Waals surface area contributed by atoms with Crippen molar-refractivity contribution in [3.63, 3.8) is 0 Å². The van der Waals surface area contributed by atoms with E-state index in [4.69, 9.17) is 23.2 Å². The molecule has 0 aliphatic heterocycles. The molecule has 0 aromatic heterocycles. The number of sulfonamides is 1. The fraction of sp³-hybridized carbons (Fsp3) is 0.143. The molecule has 130 valence electrons. The van der Waals surface area contributed by atoms with Crippen LogP contribution in [0.1, 0.15) is 5.56 Å². The van der Waals surface area contributed by atoms with Gasteiger partial charge in [0.15, 0.2) is 5.75 Å². The number of rotatable bonds is 4. The van der Waals surface area contributed by atoms with Crippen molar-refractivity contribution in [2.45, 2.75) is 18.2 Å². The van der Waals surface area contributed by atoms with E-state index in [1.807, 2.05) is 0 Å². The third-order valence-electron chi connectivity index (χ3n) is 2.80. The summed E-state index contributed by atoms with van der Waals surface area (Å²) in [7, 11) is -4.01. The van der Waals surface area contributed by atoms with Gasteiger partial charge in [-0.05, 0) is 25.1 Å². The molecule has 0 fully saturated rings. The van der Waals surface area contributed by atoms with Crippen molar-refractivity contribution in [1.82, 2.24) is 0 Å². The molecule has 0 heterocycles. The zero-order valence-corrected chi connectivity index (χ0v) is 14.3. The fourth-order valence-electron chi connectivity index (χ4n) is 1.75. The van der Waals surface area contributed by atoms with Crippen LogP contribution in [-0.2, 0) is 10.0 Å². The van der Waals surface area contributed by atoms with Gasteiger partial charge in [0.2, 0.25) is 0 Å². The highest BCUT2D eigenvalue weighted by Crippen LogP contribution is 2.38. The standard InChI is InChI=1S/C14H10Cl2F3NO3S/c1-8-2-4-10(5-3-8)24(21,22)20-9-6-11(15)13(16)12(7-9)23-14(17,18)19/h2-7,20H,1H3. The first-order valence-corrected chi connectivity index (χ1v) is 8.56. The molecule has 24 heavy (non-hydrogen) atoms. The second kappa shape index (κ2) is 6.70. The Morgan fingerprint density at radius 1 is 1.08 bits per heavy atom. The first kappa shape index (κ1) is 18.7. The van der Waals surface area contributed by atoms with Crippen LogP contribution in [0.15, 0.2) is 41.3 Å². The van der Waals surface area contributed by atoms with Gasteiger partial charge in [-0.1, -0.05) is 40.9 Å². The van der Waals surface area contributed by atoms with Crippen LogP contribution in [0.3, 0.4) is 0 Å². The molecule has 0 radical (unpaired) electrons. The van der Waals surface area contributed by atoms with Gasteiger partial charge in [0.1, 0.15) is 5.02 Å². The highest BCUT2D eigenvalue weighted by Gasteiger charge is 2.33. The molecule has 10 heteroatoms. The Morgan fingerprint density at radius 2 is 1.67 bits per heavy atom. The van der Waals surface area contributed by atoms with Crippen molar-refractivity contribution in [2.75, 3.05) is 4.72 Å². The molecule has 0 saturated carbocycles. The molecule has 0 aliphatic carbocycles. The Labute approximate surface area is 146 Å². The van der Waals surface area contributed by atoms with Gasteiger partial charge in [-0.2, -0.15) is 0 Å². The van der Waals surface area contributed by atoms with Crippen molar-refractivity contribution in [3.8, 4) is 5.75 Å². The minimum absolute atomic E-state index is 0.0579. The predicted molar refractivity (Wildman–Crippen MR) is 85.1 cm³/mol. The molecule has 0 bridgehead atoms. The highest BCUT2D eigenvalue weighted by molar-refractivity contribution is 7.92. The Morgan fingerprint density at radius 3 is 2.21 bits per heavy atom. The number of aryl methyl sites for hydroxylation is 1. The summed E-state index contributed by atoms with van der Waals surface area (Å²) in [5.74, 6) is -0.807. The summed E-state index contributed by atoms with van der Waals surface area (Å²) in [6.07, 6.45) is -5.00. The predicted octanol–water partition coefficient (Wildman–Crippen LogP) is 5.00. The molecule has 1 N–H and O–H groups in total. The van der Waals surface area contributed by atoms with E-state index in [9.17, 15) is 21.6 Å². The van der Waals surface area contributed by atoms with Crippen molar-refractivity contribution < 1.29 is 26.3 Å². The summed E-state index contributed by atoms with van der Waals surface area (Å²) in [5.41, 5.74) is 0.633. The fourth-order valence-corrected chi connectivity index (χ4v) is 3.15. The number of ether oxygens (including phenoxy) is 1. The summed E-state index contributed by atoms with van der Waals surface area (Å²) >= 11 is 11.4. The van der Waals surface area contributed by atoms with E-state index in [1.54, 1.807) is 19.1 Å². The Bertz CT molecular complexity index is 853. The summed E-state index contributed by atoms with van der Waals surface area (Å²) in [6.45, 7) is 1.78. The zero-order valence-electron chi connectivity index (χ0n) is 12.0. The molecule has 0 atom stereocenters. The van der Waals surface area contributed by atoms with Crippen molar-refractivity contribution >= 4 is 38.9 Å². The largest absolute Gasteiger partial charge is 0.573 e. The van der Waals surface area contributed by atoms with Crippen LogP contribution < -0.4 is 9.46 Å². The lowest BCUT2D eigenvalue weighted by atomic mass is 10.2. The number of anilines is 1. The Kier molecular flexibility index (Phi) is 5.22. The van der Waals surface area contributed by atoms with Crippen molar-refractivity contribution in [2.24, 2.45) is 0 Å². The maximum absolute atomic E-state index is 12.4. The summed E-state index contributed by atoms with van der Waals surface area (Å²) in [5, 5.41) is -0.771. The van der Waals surface area contributed by atoms with Crippen LogP contribution in [0.4, 0.5) is 18.9 Å². The summed E-state index contributed by atoms with van der Waals surface area (Å²) in [4.78, 5) is -0.0579. The average Bonchev–Trinajstić information content (AvgIpc) is 2.42. The molecule has 2 rings (SSSR count). The lowest BCUT2D eigenvalue weighted by Crippen LogP contribution is -2.18. The number of benzene rings is 2. The molecule has 0 spiro atoms. The van der Waals surface area contributed by atoms with E-state index in [-0.39, 0.29) is 15.6 Å². The SMILES string of the molecule is Cc1ccc(S(=O)(=O)Nc2cc(Cl)c(Cl)c(OC(F)(F)F)c2)cc1. The van der Waals surface area contributed by atoms with Gasteiger partial charge in [0.25, 0.3) is 10.0 Å². The molecular formula is C14H10Cl2F3NO3S. The molecule has 2 aromatic carbocycles. The van der Waals surface area contributed by atoms with Gasteiger partial charge in [-0.3, -0.25) is 4.72 Å². The zero-order chi connectivity index (χ0) is 18.1. The lowest BCUT2D eigenvalue weighted by molar-refractivity contribution is -0.274. The second-order valence-electron chi connectivity index (χ2n) is 4.74. The molecule has 0 amide bonds. The van der Waals surface area contributed by atoms with E-state index in [2.05, 4.69) is 9.46 Å². The third kappa shape index (κ3) is 4.68. The van der Waals surface area contributed by atoms with E-state index in [0.29, 0.717) is 0 Å².